The zero-order valence-corrected chi connectivity index (χ0v) is 10.6. The van der Waals surface area contributed by atoms with E-state index in [4.69, 9.17) is 5.73 Å². The Hall–Kier alpha value is -1.80. The summed E-state index contributed by atoms with van der Waals surface area (Å²) >= 11 is 0. The smallest absolute Gasteiger partial charge is 0.0384 e. The highest BCUT2D eigenvalue weighted by Gasteiger charge is 2.34. The van der Waals surface area contributed by atoms with E-state index in [2.05, 4.69) is 60.8 Å². The van der Waals surface area contributed by atoms with Gasteiger partial charge in [0.1, 0.15) is 0 Å². The van der Waals surface area contributed by atoms with Gasteiger partial charge in [-0.2, -0.15) is 0 Å². The third-order valence-electron chi connectivity index (χ3n) is 3.52. The van der Waals surface area contributed by atoms with E-state index < -0.39 is 0 Å². The van der Waals surface area contributed by atoms with Crippen LogP contribution in [0.3, 0.4) is 0 Å². The highest BCUT2D eigenvalue weighted by atomic mass is 14.9. The van der Waals surface area contributed by atoms with Crippen LogP contribution in [0, 0.1) is 6.92 Å². The number of rotatable bonds is 3. The summed E-state index contributed by atoms with van der Waals surface area (Å²) < 4.78 is 0. The molecular formula is C16H18N2. The number of anilines is 2. The van der Waals surface area contributed by atoms with Crippen molar-refractivity contribution >= 4 is 11.4 Å². The monoisotopic (exact) mass is 238 g/mol. The molecule has 0 spiro atoms. The molecule has 0 radical (unpaired) electrons. The highest BCUT2D eigenvalue weighted by Crippen LogP contribution is 2.39. The van der Waals surface area contributed by atoms with E-state index in [0.29, 0.717) is 12.0 Å². The van der Waals surface area contributed by atoms with Crippen LogP contribution in [0.25, 0.3) is 0 Å². The van der Waals surface area contributed by atoms with E-state index in [1.165, 1.54) is 11.1 Å². The number of benzene rings is 2. The van der Waals surface area contributed by atoms with Crippen LogP contribution in [0.1, 0.15) is 23.5 Å². The van der Waals surface area contributed by atoms with Crippen molar-refractivity contribution in [3.05, 3.63) is 59.7 Å². The topological polar surface area (TPSA) is 38.0 Å². The molecule has 1 aliphatic carbocycles. The van der Waals surface area contributed by atoms with Gasteiger partial charge >= 0.3 is 0 Å². The maximum atomic E-state index is 5.86. The van der Waals surface area contributed by atoms with Crippen molar-refractivity contribution in [2.45, 2.75) is 25.3 Å². The van der Waals surface area contributed by atoms with Gasteiger partial charge in [0.2, 0.25) is 0 Å². The molecule has 3 rings (SSSR count). The molecule has 0 aliphatic heterocycles. The quantitative estimate of drug-likeness (QED) is 0.858. The summed E-state index contributed by atoms with van der Waals surface area (Å²) in [6, 6.07) is 17.4. The molecule has 0 heterocycles. The number of hydrogen-bond acceptors (Lipinski definition) is 2. The Labute approximate surface area is 108 Å². The first-order valence-electron chi connectivity index (χ1n) is 6.41. The van der Waals surface area contributed by atoms with E-state index in [1.807, 2.05) is 0 Å². The largest absolute Gasteiger partial charge is 0.356 e. The first-order chi connectivity index (χ1) is 8.72. The lowest BCUT2D eigenvalue weighted by Crippen LogP contribution is -2.00. The molecular weight excluding hydrogens is 220 g/mol. The second-order valence-electron chi connectivity index (χ2n) is 5.12. The summed E-state index contributed by atoms with van der Waals surface area (Å²) in [5.74, 6) is 0.582. The Morgan fingerprint density at radius 3 is 1.94 bits per heavy atom. The molecule has 2 aromatic rings. The van der Waals surface area contributed by atoms with Gasteiger partial charge in [0.15, 0.2) is 0 Å². The predicted octanol–water partition coefficient (Wildman–Crippen LogP) is 3.55. The zero-order chi connectivity index (χ0) is 12.5. The fraction of sp³-hybridized carbons (Fsp3) is 0.250. The maximum Gasteiger partial charge on any atom is 0.0384 e. The molecule has 92 valence electrons. The van der Waals surface area contributed by atoms with Crippen molar-refractivity contribution in [1.82, 2.24) is 0 Å². The molecule has 18 heavy (non-hydrogen) atoms. The Balaban J connectivity index is 1.71. The number of nitrogens with one attached hydrogen (secondary N) is 1. The minimum atomic E-state index is 0.376. The zero-order valence-electron chi connectivity index (χ0n) is 10.6. The third-order valence-corrected chi connectivity index (χ3v) is 3.52. The molecule has 2 nitrogen and oxygen atoms in total. The molecule has 2 aromatic carbocycles. The van der Waals surface area contributed by atoms with Crippen LogP contribution in [0.4, 0.5) is 11.4 Å². The summed E-state index contributed by atoms with van der Waals surface area (Å²) in [6.07, 6.45) is 1.13. The minimum absolute atomic E-state index is 0.376. The molecule has 1 aliphatic rings. The van der Waals surface area contributed by atoms with E-state index in [1.54, 1.807) is 0 Å². The van der Waals surface area contributed by atoms with Crippen LogP contribution in [0.15, 0.2) is 48.5 Å². The van der Waals surface area contributed by atoms with E-state index in [9.17, 15) is 0 Å². The molecule has 0 amide bonds. The summed E-state index contributed by atoms with van der Waals surface area (Å²) in [5.41, 5.74) is 10.7. The van der Waals surface area contributed by atoms with Gasteiger partial charge in [0.25, 0.3) is 0 Å². The maximum absolute atomic E-state index is 5.86. The Morgan fingerprint density at radius 2 is 1.44 bits per heavy atom. The average molecular weight is 238 g/mol. The second kappa shape index (κ2) is 4.46. The van der Waals surface area contributed by atoms with Gasteiger partial charge in [-0.3, -0.25) is 0 Å². The number of nitrogens with two attached hydrogens (primary N) is 1. The Bertz CT molecular complexity index is 528. The van der Waals surface area contributed by atoms with E-state index >= 15 is 0 Å². The molecule has 0 unspecified atom stereocenters. The van der Waals surface area contributed by atoms with Crippen LogP contribution in [0.5, 0.6) is 0 Å². The Morgan fingerprint density at radius 1 is 0.944 bits per heavy atom. The van der Waals surface area contributed by atoms with Crippen LogP contribution < -0.4 is 11.1 Å². The molecule has 2 atom stereocenters. The van der Waals surface area contributed by atoms with Crippen LogP contribution in [-0.4, -0.2) is 6.04 Å². The van der Waals surface area contributed by atoms with Crippen LogP contribution >= 0.6 is 0 Å². The first-order valence-corrected chi connectivity index (χ1v) is 6.41. The SMILES string of the molecule is Cc1ccc(Nc2ccc([C@@H]3C[C@H]3N)cc2)cc1. The fourth-order valence-corrected chi connectivity index (χ4v) is 2.22. The van der Waals surface area contributed by atoms with Crippen molar-refractivity contribution in [3.63, 3.8) is 0 Å². The second-order valence-corrected chi connectivity index (χ2v) is 5.12. The van der Waals surface area contributed by atoms with E-state index in [0.717, 1.165) is 17.8 Å². The number of aryl methyl sites for hydroxylation is 1. The predicted molar refractivity (Wildman–Crippen MR) is 76.2 cm³/mol. The summed E-state index contributed by atoms with van der Waals surface area (Å²) in [4.78, 5) is 0. The molecule has 3 N–H and O–H groups in total. The minimum Gasteiger partial charge on any atom is -0.356 e. The Kier molecular flexibility index (Phi) is 2.80. The van der Waals surface area contributed by atoms with Gasteiger partial charge in [-0.05, 0) is 43.2 Å². The fourth-order valence-electron chi connectivity index (χ4n) is 2.22. The van der Waals surface area contributed by atoms with Gasteiger partial charge in [-0.1, -0.05) is 29.8 Å². The highest BCUT2D eigenvalue weighted by molar-refractivity contribution is 5.60. The lowest BCUT2D eigenvalue weighted by molar-refractivity contribution is 0.991. The van der Waals surface area contributed by atoms with Crippen LogP contribution in [0.2, 0.25) is 0 Å². The molecule has 0 aromatic heterocycles. The van der Waals surface area contributed by atoms with Gasteiger partial charge in [-0.25, -0.2) is 0 Å². The van der Waals surface area contributed by atoms with Crippen molar-refractivity contribution < 1.29 is 0 Å². The van der Waals surface area contributed by atoms with Gasteiger partial charge in [0, 0.05) is 23.3 Å². The average Bonchev–Trinajstić information content (AvgIpc) is 3.10. The molecule has 1 saturated carbocycles. The summed E-state index contributed by atoms with van der Waals surface area (Å²) in [5, 5.41) is 3.40. The van der Waals surface area contributed by atoms with Gasteiger partial charge < -0.3 is 11.1 Å². The first kappa shape index (κ1) is 11.3. The summed E-state index contributed by atoms with van der Waals surface area (Å²) in [6.45, 7) is 2.09. The van der Waals surface area contributed by atoms with Gasteiger partial charge in [-0.15, -0.1) is 0 Å². The normalized spacial score (nSPS) is 21.7. The van der Waals surface area contributed by atoms with Crippen molar-refractivity contribution in [3.8, 4) is 0 Å². The molecule has 1 fully saturated rings. The lowest BCUT2D eigenvalue weighted by atomic mass is 10.1. The lowest BCUT2D eigenvalue weighted by Gasteiger charge is -2.07. The number of hydrogen-bond donors (Lipinski definition) is 2. The molecule has 0 saturated heterocycles. The molecule has 2 heteroatoms. The van der Waals surface area contributed by atoms with Crippen molar-refractivity contribution in [2.75, 3.05) is 5.32 Å². The van der Waals surface area contributed by atoms with Crippen molar-refractivity contribution in [1.29, 1.82) is 0 Å². The van der Waals surface area contributed by atoms with Crippen molar-refractivity contribution in [2.24, 2.45) is 5.73 Å². The van der Waals surface area contributed by atoms with Gasteiger partial charge in [0.05, 0.1) is 0 Å². The third kappa shape index (κ3) is 2.39. The summed E-state index contributed by atoms with van der Waals surface area (Å²) in [7, 11) is 0. The molecule has 0 bridgehead atoms. The van der Waals surface area contributed by atoms with E-state index in [-0.39, 0.29) is 0 Å². The van der Waals surface area contributed by atoms with Crippen LogP contribution in [-0.2, 0) is 0 Å². The standard InChI is InChI=1S/C16H18N2/c1-11-2-6-13(7-3-11)18-14-8-4-12(5-9-14)15-10-16(15)17/h2-9,15-16,18H,10,17H2,1H3/t15-,16+/m0/s1.